The van der Waals surface area contributed by atoms with Crippen LogP contribution in [0.3, 0.4) is 0 Å². The largest absolute Gasteiger partial charge is 0.495 e. The van der Waals surface area contributed by atoms with E-state index in [0.29, 0.717) is 23.1 Å². The Kier molecular flexibility index (Phi) is 9.07. The predicted octanol–water partition coefficient (Wildman–Crippen LogP) is 5.85. The van der Waals surface area contributed by atoms with Crippen LogP contribution in [0.5, 0.6) is 11.5 Å². The second kappa shape index (κ2) is 11.8. The minimum atomic E-state index is -0.509. The summed E-state index contributed by atoms with van der Waals surface area (Å²) in [5.41, 5.74) is 1.21. The van der Waals surface area contributed by atoms with Crippen molar-refractivity contribution in [2.75, 3.05) is 19.0 Å². The van der Waals surface area contributed by atoms with Crippen LogP contribution in [-0.2, 0) is 4.79 Å². The van der Waals surface area contributed by atoms with Gasteiger partial charge in [0.2, 0.25) is 0 Å². The van der Waals surface area contributed by atoms with Gasteiger partial charge in [-0.1, -0.05) is 49.9 Å². The highest BCUT2D eigenvalue weighted by Crippen LogP contribution is 2.27. The molecule has 1 amide bonds. The number of nitrogens with zero attached hydrogens (tertiary/aromatic N) is 1. The molecule has 5 nitrogen and oxygen atoms in total. The average Bonchev–Trinajstić information content (AvgIpc) is 2.73. The van der Waals surface area contributed by atoms with Crippen LogP contribution < -0.4 is 14.8 Å². The number of carbonyl (C=O) groups is 1. The molecule has 0 aliphatic rings. The summed E-state index contributed by atoms with van der Waals surface area (Å²) in [4.78, 5) is 12.4. The van der Waals surface area contributed by atoms with Gasteiger partial charge in [-0.2, -0.15) is 5.26 Å². The molecule has 0 bridgehead atoms. The number of carbonyl (C=O) groups excluding carboxylic acids is 1. The molecule has 0 atom stereocenters. The lowest BCUT2D eigenvalue weighted by molar-refractivity contribution is -0.112. The summed E-state index contributed by atoms with van der Waals surface area (Å²) >= 11 is 6.06. The molecule has 0 saturated heterocycles. The van der Waals surface area contributed by atoms with Crippen molar-refractivity contribution in [3.05, 3.63) is 58.6 Å². The third-order valence-electron chi connectivity index (χ3n) is 4.23. The van der Waals surface area contributed by atoms with Gasteiger partial charge in [0.1, 0.15) is 23.1 Å². The van der Waals surface area contributed by atoms with Crippen molar-refractivity contribution in [1.82, 2.24) is 0 Å². The second-order valence-corrected chi connectivity index (χ2v) is 6.86. The van der Waals surface area contributed by atoms with E-state index in [1.165, 1.54) is 26.0 Å². The molecule has 0 spiro atoms. The Morgan fingerprint density at radius 3 is 2.55 bits per heavy atom. The minimum absolute atomic E-state index is 0.00910. The number of unbranched alkanes of at least 4 members (excludes halogenated alkanes) is 3. The van der Waals surface area contributed by atoms with Crippen LogP contribution in [0, 0.1) is 11.3 Å². The molecule has 0 aliphatic heterocycles. The van der Waals surface area contributed by atoms with E-state index in [4.69, 9.17) is 21.1 Å². The SMILES string of the molecule is CCCCCCOc1ccc(/C=C(\C#N)C(=O)Nc2ccc(OC)c(Cl)c2)cc1. The Morgan fingerprint density at radius 2 is 1.93 bits per heavy atom. The fraction of sp³-hybridized carbons (Fsp3) is 0.304. The van der Waals surface area contributed by atoms with Crippen molar-refractivity contribution in [2.24, 2.45) is 0 Å². The molecule has 1 N–H and O–H groups in total. The number of nitriles is 1. The molecule has 0 aromatic heterocycles. The molecule has 0 aliphatic carbocycles. The highest BCUT2D eigenvalue weighted by atomic mass is 35.5. The maximum absolute atomic E-state index is 12.4. The normalized spacial score (nSPS) is 10.9. The molecule has 2 aromatic rings. The van der Waals surface area contributed by atoms with Crippen LogP contribution in [-0.4, -0.2) is 19.6 Å². The maximum Gasteiger partial charge on any atom is 0.266 e. The van der Waals surface area contributed by atoms with Crippen LogP contribution in [0.2, 0.25) is 5.02 Å². The predicted molar refractivity (Wildman–Crippen MR) is 116 cm³/mol. The molecule has 2 rings (SSSR count). The Hall–Kier alpha value is -2.97. The Labute approximate surface area is 176 Å². The first-order valence-electron chi connectivity index (χ1n) is 9.57. The van der Waals surface area contributed by atoms with Gasteiger partial charge in [0.15, 0.2) is 0 Å². The number of anilines is 1. The number of ether oxygens (including phenoxy) is 2. The highest BCUT2D eigenvalue weighted by Gasteiger charge is 2.11. The van der Waals surface area contributed by atoms with E-state index in [1.807, 2.05) is 30.3 Å². The fourth-order valence-corrected chi connectivity index (χ4v) is 2.89. The topological polar surface area (TPSA) is 71.3 Å². The second-order valence-electron chi connectivity index (χ2n) is 6.45. The molecule has 6 heteroatoms. The first kappa shape index (κ1) is 22.3. The van der Waals surface area contributed by atoms with Gasteiger partial charge in [0.25, 0.3) is 5.91 Å². The number of rotatable bonds is 10. The van der Waals surface area contributed by atoms with Crippen molar-refractivity contribution in [2.45, 2.75) is 32.6 Å². The Bertz CT molecular complexity index is 886. The number of benzene rings is 2. The zero-order chi connectivity index (χ0) is 21.1. The van der Waals surface area contributed by atoms with Gasteiger partial charge in [-0.25, -0.2) is 0 Å². The van der Waals surface area contributed by atoms with Crippen molar-refractivity contribution >= 4 is 29.3 Å². The molecule has 0 saturated carbocycles. The lowest BCUT2D eigenvalue weighted by atomic mass is 10.1. The zero-order valence-corrected chi connectivity index (χ0v) is 17.5. The molecule has 0 unspecified atom stereocenters. The van der Waals surface area contributed by atoms with E-state index in [2.05, 4.69) is 12.2 Å². The highest BCUT2D eigenvalue weighted by molar-refractivity contribution is 6.32. The quantitative estimate of drug-likeness (QED) is 0.301. The van der Waals surface area contributed by atoms with Gasteiger partial charge in [0.05, 0.1) is 18.7 Å². The summed E-state index contributed by atoms with van der Waals surface area (Å²) in [6.07, 6.45) is 6.14. The zero-order valence-electron chi connectivity index (χ0n) is 16.7. The molecule has 152 valence electrons. The summed E-state index contributed by atoms with van der Waals surface area (Å²) in [7, 11) is 1.51. The van der Waals surface area contributed by atoms with Crippen molar-refractivity contribution in [1.29, 1.82) is 5.26 Å². The smallest absolute Gasteiger partial charge is 0.266 e. The molecule has 29 heavy (non-hydrogen) atoms. The summed E-state index contributed by atoms with van der Waals surface area (Å²) in [6.45, 7) is 2.86. The van der Waals surface area contributed by atoms with E-state index in [-0.39, 0.29) is 5.57 Å². The lowest BCUT2D eigenvalue weighted by Crippen LogP contribution is -2.13. The first-order chi connectivity index (χ1) is 14.1. The van der Waals surface area contributed by atoms with Gasteiger partial charge < -0.3 is 14.8 Å². The molecule has 2 aromatic carbocycles. The van der Waals surface area contributed by atoms with E-state index < -0.39 is 5.91 Å². The summed E-state index contributed by atoms with van der Waals surface area (Å²) < 4.78 is 10.8. The Balaban J connectivity index is 1.98. The van der Waals surface area contributed by atoms with E-state index in [0.717, 1.165) is 24.2 Å². The Morgan fingerprint density at radius 1 is 1.17 bits per heavy atom. The molecular formula is C23H25ClN2O3. The number of nitrogens with one attached hydrogen (secondary N) is 1. The third-order valence-corrected chi connectivity index (χ3v) is 4.53. The van der Waals surface area contributed by atoms with Gasteiger partial charge in [-0.05, 0) is 48.4 Å². The molecule has 0 fully saturated rings. The van der Waals surface area contributed by atoms with Gasteiger partial charge >= 0.3 is 0 Å². The van der Waals surface area contributed by atoms with Crippen molar-refractivity contribution < 1.29 is 14.3 Å². The van der Waals surface area contributed by atoms with Gasteiger partial charge in [-0.15, -0.1) is 0 Å². The van der Waals surface area contributed by atoms with Crippen LogP contribution >= 0.6 is 11.6 Å². The maximum atomic E-state index is 12.4. The van der Waals surface area contributed by atoms with E-state index in [1.54, 1.807) is 18.2 Å². The van der Waals surface area contributed by atoms with Crippen molar-refractivity contribution in [3.63, 3.8) is 0 Å². The molecular weight excluding hydrogens is 388 g/mol. The lowest BCUT2D eigenvalue weighted by Gasteiger charge is -2.08. The number of halogens is 1. The number of hydrogen-bond donors (Lipinski definition) is 1. The minimum Gasteiger partial charge on any atom is -0.495 e. The summed E-state index contributed by atoms with van der Waals surface area (Å²) in [5.74, 6) is 0.771. The van der Waals surface area contributed by atoms with Crippen LogP contribution in [0.15, 0.2) is 48.0 Å². The van der Waals surface area contributed by atoms with Crippen molar-refractivity contribution in [3.8, 4) is 17.6 Å². The number of methoxy groups -OCH3 is 1. The molecule has 0 radical (unpaired) electrons. The summed E-state index contributed by atoms with van der Waals surface area (Å²) in [5, 5.41) is 12.4. The standard InChI is InChI=1S/C23H25ClN2O3/c1-3-4-5-6-13-29-20-10-7-17(8-11-20)14-18(16-25)23(27)26-19-9-12-22(28-2)21(24)15-19/h7-12,14-15H,3-6,13H2,1-2H3,(H,26,27)/b18-14+. The van der Waals surface area contributed by atoms with Crippen LogP contribution in [0.25, 0.3) is 6.08 Å². The van der Waals surface area contributed by atoms with Gasteiger partial charge in [0, 0.05) is 5.69 Å². The molecule has 0 heterocycles. The third kappa shape index (κ3) is 7.17. The summed E-state index contributed by atoms with van der Waals surface area (Å²) in [6, 6.07) is 14.1. The van der Waals surface area contributed by atoms with Crippen LogP contribution in [0.1, 0.15) is 38.2 Å². The van der Waals surface area contributed by atoms with E-state index in [9.17, 15) is 10.1 Å². The van der Waals surface area contributed by atoms with E-state index >= 15 is 0 Å². The monoisotopic (exact) mass is 412 g/mol. The van der Waals surface area contributed by atoms with Gasteiger partial charge in [-0.3, -0.25) is 4.79 Å². The first-order valence-corrected chi connectivity index (χ1v) is 9.94. The van der Waals surface area contributed by atoms with Crippen LogP contribution in [0.4, 0.5) is 5.69 Å². The number of amides is 1. The average molecular weight is 413 g/mol. The fourth-order valence-electron chi connectivity index (χ4n) is 2.64. The number of hydrogen-bond acceptors (Lipinski definition) is 4.